The van der Waals surface area contributed by atoms with Gasteiger partial charge in [0.2, 0.25) is 0 Å². The highest BCUT2D eigenvalue weighted by Gasteiger charge is 2.24. The van der Waals surface area contributed by atoms with E-state index in [0.29, 0.717) is 6.04 Å². The average Bonchev–Trinajstić information content (AvgIpc) is 2.28. The van der Waals surface area contributed by atoms with Gasteiger partial charge in [-0.1, -0.05) is 27.7 Å². The Hall–Kier alpha value is -0.290. The number of nitrogens with one attached hydrogen (secondary N) is 1. The van der Waals surface area contributed by atoms with Crippen molar-refractivity contribution in [3.05, 3.63) is 27.3 Å². The second-order valence-corrected chi connectivity index (χ2v) is 6.83. The fraction of sp³-hybridized carbons (Fsp3) is 0.600. The van der Waals surface area contributed by atoms with Crippen molar-refractivity contribution in [2.24, 2.45) is 0 Å². The molecule has 0 aliphatic carbocycles. The highest BCUT2D eigenvalue weighted by atomic mass is 127. The van der Waals surface area contributed by atoms with Crippen LogP contribution in [0, 0.1) is 3.57 Å². The van der Waals surface area contributed by atoms with Gasteiger partial charge in [-0.2, -0.15) is 0 Å². The molecule has 1 N–H and O–H groups in total. The molecule has 0 aliphatic rings. The minimum absolute atomic E-state index is 0.119. The zero-order chi connectivity index (χ0) is 13.8. The summed E-state index contributed by atoms with van der Waals surface area (Å²) in [4.78, 5) is 0. The summed E-state index contributed by atoms with van der Waals surface area (Å²) >= 11 is 2.36. The van der Waals surface area contributed by atoms with Crippen molar-refractivity contribution in [3.63, 3.8) is 0 Å². The number of halogens is 1. The van der Waals surface area contributed by atoms with Crippen LogP contribution in [0.1, 0.15) is 39.7 Å². The summed E-state index contributed by atoms with van der Waals surface area (Å²) in [6, 6.07) is 6.92. The van der Waals surface area contributed by atoms with Crippen LogP contribution in [-0.2, 0) is 5.41 Å². The highest BCUT2D eigenvalue weighted by Crippen LogP contribution is 2.35. The molecule has 0 bridgehead atoms. The van der Waals surface area contributed by atoms with Gasteiger partial charge in [-0.05, 0) is 59.2 Å². The Labute approximate surface area is 125 Å². The van der Waals surface area contributed by atoms with E-state index in [9.17, 15) is 0 Å². The van der Waals surface area contributed by atoms with E-state index in [4.69, 9.17) is 4.74 Å². The van der Waals surface area contributed by atoms with Gasteiger partial charge in [-0.25, -0.2) is 0 Å². The summed E-state index contributed by atoms with van der Waals surface area (Å²) in [5.41, 5.74) is 1.41. The Morgan fingerprint density at radius 2 is 2.00 bits per heavy atom. The van der Waals surface area contributed by atoms with Gasteiger partial charge in [0, 0.05) is 15.2 Å². The van der Waals surface area contributed by atoms with Gasteiger partial charge < -0.3 is 10.1 Å². The van der Waals surface area contributed by atoms with Crippen molar-refractivity contribution in [2.45, 2.75) is 45.6 Å². The maximum atomic E-state index is 5.49. The molecule has 3 heteroatoms. The first-order chi connectivity index (χ1) is 8.36. The van der Waals surface area contributed by atoms with Crippen LogP contribution >= 0.6 is 22.6 Å². The minimum atomic E-state index is 0.119. The van der Waals surface area contributed by atoms with E-state index in [-0.39, 0.29) is 5.41 Å². The second-order valence-electron chi connectivity index (χ2n) is 5.59. The van der Waals surface area contributed by atoms with Gasteiger partial charge in [-0.3, -0.25) is 0 Å². The number of hydrogen-bond donors (Lipinski definition) is 1. The molecule has 0 aliphatic heterocycles. The molecule has 0 saturated carbocycles. The summed E-state index contributed by atoms with van der Waals surface area (Å²) in [5, 5.41) is 3.48. The van der Waals surface area contributed by atoms with Crippen molar-refractivity contribution in [2.75, 3.05) is 13.7 Å². The predicted molar refractivity (Wildman–Crippen MR) is 86.5 cm³/mol. The Bertz CT molecular complexity index is 388. The molecule has 1 aromatic rings. The molecule has 18 heavy (non-hydrogen) atoms. The zero-order valence-corrected chi connectivity index (χ0v) is 14.2. The standard InChI is InChI=1S/C15H24INO/c1-11(2)17-9-8-15(3,4)13-10-12(16)6-7-14(13)18-5/h6-7,10-11,17H,8-9H2,1-5H3. The van der Waals surface area contributed by atoms with Crippen LogP contribution in [0.3, 0.4) is 0 Å². The van der Waals surface area contributed by atoms with Crippen LogP contribution in [0.5, 0.6) is 5.75 Å². The molecule has 0 spiro atoms. The molecule has 0 unspecified atom stereocenters. The first kappa shape index (κ1) is 15.8. The number of ether oxygens (including phenoxy) is 1. The van der Waals surface area contributed by atoms with Gasteiger partial charge in [0.05, 0.1) is 7.11 Å². The highest BCUT2D eigenvalue weighted by molar-refractivity contribution is 14.1. The molecular formula is C15H24INO. The van der Waals surface area contributed by atoms with E-state index in [1.807, 2.05) is 0 Å². The number of rotatable bonds is 6. The molecule has 1 rings (SSSR count). The van der Waals surface area contributed by atoms with Crippen LogP contribution in [0.15, 0.2) is 18.2 Å². The van der Waals surface area contributed by atoms with Crippen molar-refractivity contribution < 1.29 is 4.74 Å². The lowest BCUT2D eigenvalue weighted by Gasteiger charge is -2.28. The van der Waals surface area contributed by atoms with Crippen LogP contribution in [0.4, 0.5) is 0 Å². The first-order valence-electron chi connectivity index (χ1n) is 6.44. The summed E-state index contributed by atoms with van der Waals surface area (Å²) in [5.74, 6) is 0.991. The first-order valence-corrected chi connectivity index (χ1v) is 7.52. The van der Waals surface area contributed by atoms with E-state index in [0.717, 1.165) is 18.7 Å². The summed E-state index contributed by atoms with van der Waals surface area (Å²) in [7, 11) is 1.74. The quantitative estimate of drug-likeness (QED) is 0.775. The molecular weight excluding hydrogens is 337 g/mol. The topological polar surface area (TPSA) is 21.3 Å². The summed E-state index contributed by atoms with van der Waals surface area (Å²) < 4.78 is 6.75. The number of hydrogen-bond acceptors (Lipinski definition) is 2. The number of methoxy groups -OCH3 is 1. The minimum Gasteiger partial charge on any atom is -0.496 e. The maximum Gasteiger partial charge on any atom is 0.122 e. The molecule has 102 valence electrons. The van der Waals surface area contributed by atoms with Crippen LogP contribution in [0.2, 0.25) is 0 Å². The van der Waals surface area contributed by atoms with Crippen LogP contribution in [-0.4, -0.2) is 19.7 Å². The lowest BCUT2D eigenvalue weighted by Crippen LogP contribution is -2.29. The Morgan fingerprint density at radius 1 is 1.33 bits per heavy atom. The lowest BCUT2D eigenvalue weighted by molar-refractivity contribution is 0.379. The molecule has 0 saturated heterocycles. The van der Waals surface area contributed by atoms with Gasteiger partial charge >= 0.3 is 0 Å². The van der Waals surface area contributed by atoms with Gasteiger partial charge in [0.1, 0.15) is 5.75 Å². The fourth-order valence-electron chi connectivity index (χ4n) is 2.02. The van der Waals surface area contributed by atoms with Gasteiger partial charge in [-0.15, -0.1) is 0 Å². The van der Waals surface area contributed by atoms with Gasteiger partial charge in [0.15, 0.2) is 0 Å². The van der Waals surface area contributed by atoms with Crippen molar-refractivity contribution >= 4 is 22.6 Å². The summed E-state index contributed by atoms with van der Waals surface area (Å²) in [6.45, 7) is 9.95. The summed E-state index contributed by atoms with van der Waals surface area (Å²) in [6.07, 6.45) is 1.10. The van der Waals surface area contributed by atoms with E-state index in [2.05, 4.69) is 73.8 Å². The van der Waals surface area contributed by atoms with Crippen molar-refractivity contribution in [1.82, 2.24) is 5.32 Å². The largest absolute Gasteiger partial charge is 0.496 e. The third-order valence-corrected chi connectivity index (χ3v) is 3.86. The molecule has 0 aromatic heterocycles. The van der Waals surface area contributed by atoms with Crippen molar-refractivity contribution in [3.8, 4) is 5.75 Å². The third-order valence-electron chi connectivity index (χ3n) is 3.19. The second kappa shape index (κ2) is 6.75. The SMILES string of the molecule is COc1ccc(I)cc1C(C)(C)CCNC(C)C. The number of benzene rings is 1. The zero-order valence-electron chi connectivity index (χ0n) is 12.0. The molecule has 0 fully saturated rings. The molecule has 0 amide bonds. The lowest BCUT2D eigenvalue weighted by atomic mass is 9.81. The van der Waals surface area contributed by atoms with E-state index >= 15 is 0 Å². The predicted octanol–water partition coefficient (Wildman–Crippen LogP) is 3.97. The van der Waals surface area contributed by atoms with E-state index in [1.54, 1.807) is 7.11 Å². The Kier molecular flexibility index (Phi) is 5.92. The Morgan fingerprint density at radius 3 is 2.56 bits per heavy atom. The van der Waals surface area contributed by atoms with Gasteiger partial charge in [0.25, 0.3) is 0 Å². The van der Waals surface area contributed by atoms with E-state index in [1.165, 1.54) is 9.13 Å². The van der Waals surface area contributed by atoms with E-state index < -0.39 is 0 Å². The van der Waals surface area contributed by atoms with Crippen molar-refractivity contribution in [1.29, 1.82) is 0 Å². The molecule has 2 nitrogen and oxygen atoms in total. The molecule has 1 aromatic carbocycles. The third kappa shape index (κ3) is 4.43. The normalized spacial score (nSPS) is 11.9. The smallest absolute Gasteiger partial charge is 0.122 e. The fourth-order valence-corrected chi connectivity index (χ4v) is 2.51. The molecule has 0 radical (unpaired) electrons. The Balaban J connectivity index is 2.85. The van der Waals surface area contributed by atoms with Crippen LogP contribution in [0.25, 0.3) is 0 Å². The average molecular weight is 361 g/mol. The monoisotopic (exact) mass is 361 g/mol. The molecule has 0 heterocycles. The van der Waals surface area contributed by atoms with Crippen LogP contribution < -0.4 is 10.1 Å². The molecule has 0 atom stereocenters. The maximum absolute atomic E-state index is 5.49.